The van der Waals surface area contributed by atoms with Gasteiger partial charge < -0.3 is 9.64 Å². The zero-order valence-corrected chi connectivity index (χ0v) is 17.0. The fourth-order valence-corrected chi connectivity index (χ4v) is 3.27. The lowest BCUT2D eigenvalue weighted by molar-refractivity contribution is 0.0762. The second-order valence-corrected chi connectivity index (χ2v) is 7.18. The molecular weight excluding hydrogens is 394 g/mol. The fraction of sp³-hybridized carbons (Fsp3) is 0.190. The molecule has 0 saturated heterocycles. The monoisotopic (exact) mass is 413 g/mol. The number of aryl methyl sites for hydroxylation is 1. The van der Waals surface area contributed by atoms with Crippen molar-refractivity contribution in [3.8, 4) is 5.75 Å². The molecule has 0 aliphatic carbocycles. The van der Waals surface area contributed by atoms with Crippen LogP contribution in [-0.2, 0) is 13.2 Å². The average Bonchev–Trinajstić information content (AvgIpc) is 3.12. The summed E-state index contributed by atoms with van der Waals surface area (Å²) in [6.45, 7) is 6.95. The molecule has 0 bridgehead atoms. The molecule has 2 aromatic carbocycles. The summed E-state index contributed by atoms with van der Waals surface area (Å²) >= 11 is 7.11. The second-order valence-electron chi connectivity index (χ2n) is 6.21. The van der Waals surface area contributed by atoms with Gasteiger partial charge in [0, 0.05) is 23.7 Å². The van der Waals surface area contributed by atoms with E-state index in [0.29, 0.717) is 36.0 Å². The molecule has 7 heteroatoms. The van der Waals surface area contributed by atoms with Gasteiger partial charge in [-0.25, -0.2) is 0 Å². The first kappa shape index (κ1) is 20.0. The van der Waals surface area contributed by atoms with Gasteiger partial charge in [0.2, 0.25) is 0 Å². The van der Waals surface area contributed by atoms with Crippen LogP contribution in [0, 0.1) is 6.92 Å². The number of halogens is 1. The van der Waals surface area contributed by atoms with Gasteiger partial charge in [-0.2, -0.15) is 8.75 Å². The van der Waals surface area contributed by atoms with Crippen molar-refractivity contribution in [3.63, 3.8) is 0 Å². The van der Waals surface area contributed by atoms with Crippen molar-refractivity contribution in [3.05, 3.63) is 88.7 Å². The van der Waals surface area contributed by atoms with E-state index in [2.05, 4.69) is 15.3 Å². The van der Waals surface area contributed by atoms with Gasteiger partial charge in [0.1, 0.15) is 18.1 Å². The maximum absolute atomic E-state index is 12.9. The van der Waals surface area contributed by atoms with Crippen LogP contribution in [0.4, 0.5) is 0 Å². The molecule has 0 fully saturated rings. The summed E-state index contributed by atoms with van der Waals surface area (Å²) in [7, 11) is 0. The molecule has 3 aromatic rings. The van der Waals surface area contributed by atoms with Crippen LogP contribution < -0.4 is 4.74 Å². The first-order valence-corrected chi connectivity index (χ1v) is 9.83. The van der Waals surface area contributed by atoms with E-state index in [4.69, 9.17) is 16.3 Å². The zero-order chi connectivity index (χ0) is 19.9. The molecule has 0 atom stereocenters. The molecular formula is C21H20ClN3O2S. The molecule has 0 spiro atoms. The zero-order valence-electron chi connectivity index (χ0n) is 15.5. The van der Waals surface area contributed by atoms with E-state index in [1.165, 1.54) is 11.7 Å². The molecule has 0 aliphatic heterocycles. The van der Waals surface area contributed by atoms with Crippen LogP contribution in [0.3, 0.4) is 0 Å². The van der Waals surface area contributed by atoms with Crippen molar-refractivity contribution >= 4 is 29.2 Å². The molecule has 5 nitrogen and oxygen atoms in total. The molecule has 28 heavy (non-hydrogen) atoms. The maximum Gasteiger partial charge on any atom is 0.254 e. The summed E-state index contributed by atoms with van der Waals surface area (Å²) in [5.41, 5.74) is 3.30. The Labute approximate surface area is 173 Å². The summed E-state index contributed by atoms with van der Waals surface area (Å²) in [5.74, 6) is 0.609. The number of amides is 1. The Morgan fingerprint density at radius 2 is 1.89 bits per heavy atom. The molecule has 1 amide bonds. The molecule has 1 aromatic heterocycles. The van der Waals surface area contributed by atoms with Gasteiger partial charge in [0.25, 0.3) is 5.91 Å². The molecule has 0 aliphatic rings. The van der Waals surface area contributed by atoms with Gasteiger partial charge in [-0.05, 0) is 48.9 Å². The van der Waals surface area contributed by atoms with Crippen molar-refractivity contribution in [1.82, 2.24) is 13.6 Å². The molecule has 0 unspecified atom stereocenters. The van der Waals surface area contributed by atoms with Gasteiger partial charge >= 0.3 is 0 Å². The fourth-order valence-electron chi connectivity index (χ4n) is 2.59. The van der Waals surface area contributed by atoms with Gasteiger partial charge in [-0.1, -0.05) is 29.8 Å². The summed E-state index contributed by atoms with van der Waals surface area (Å²) < 4.78 is 14.1. The standard InChI is InChI=1S/C21H20ClN3O2S/c1-3-12-25(13-16-4-8-18(22)9-5-16)21(26)17-6-10-19(11-7-17)27-14-20-15(2)23-28-24-20/h3-11H,1,12-14H2,2H3. The van der Waals surface area contributed by atoms with Crippen LogP contribution in [0.25, 0.3) is 0 Å². The van der Waals surface area contributed by atoms with Crippen LogP contribution in [0.1, 0.15) is 27.3 Å². The normalized spacial score (nSPS) is 10.5. The summed E-state index contributed by atoms with van der Waals surface area (Å²) in [5, 5.41) is 0.671. The van der Waals surface area contributed by atoms with E-state index in [1.807, 2.05) is 31.2 Å². The number of carbonyl (C=O) groups excluding carboxylic acids is 1. The maximum atomic E-state index is 12.9. The van der Waals surface area contributed by atoms with Gasteiger partial charge in [-0.15, -0.1) is 6.58 Å². The number of hydrogen-bond donors (Lipinski definition) is 0. The Morgan fingerprint density at radius 1 is 1.18 bits per heavy atom. The van der Waals surface area contributed by atoms with Gasteiger partial charge in [0.15, 0.2) is 0 Å². The van der Waals surface area contributed by atoms with Gasteiger partial charge in [-0.3, -0.25) is 4.79 Å². The highest BCUT2D eigenvalue weighted by molar-refractivity contribution is 6.99. The van der Waals surface area contributed by atoms with Crippen LogP contribution in [-0.4, -0.2) is 26.1 Å². The van der Waals surface area contributed by atoms with Crippen LogP contribution in [0.15, 0.2) is 61.2 Å². The Balaban J connectivity index is 1.66. The van der Waals surface area contributed by atoms with Gasteiger partial charge in [0.05, 0.1) is 17.4 Å². The average molecular weight is 414 g/mol. The lowest BCUT2D eigenvalue weighted by atomic mass is 10.1. The third-order valence-electron chi connectivity index (χ3n) is 4.15. The van der Waals surface area contributed by atoms with E-state index in [1.54, 1.807) is 35.2 Å². The Kier molecular flexibility index (Phi) is 6.79. The third-order valence-corrected chi connectivity index (χ3v) is 5.06. The number of benzene rings is 2. The Morgan fingerprint density at radius 3 is 2.50 bits per heavy atom. The highest BCUT2D eigenvalue weighted by atomic mass is 35.5. The largest absolute Gasteiger partial charge is 0.487 e. The number of carbonyl (C=O) groups is 1. The predicted octanol–water partition coefficient (Wildman–Crippen LogP) is 4.91. The van der Waals surface area contributed by atoms with Crippen LogP contribution in [0.2, 0.25) is 5.02 Å². The van der Waals surface area contributed by atoms with Crippen molar-refractivity contribution < 1.29 is 9.53 Å². The number of rotatable bonds is 8. The summed E-state index contributed by atoms with van der Waals surface area (Å²) in [6, 6.07) is 14.6. The van der Waals surface area contributed by atoms with E-state index in [9.17, 15) is 4.79 Å². The number of nitrogens with zero attached hydrogens (tertiary/aromatic N) is 3. The molecule has 3 rings (SSSR count). The molecule has 0 saturated carbocycles. The second kappa shape index (κ2) is 9.48. The molecule has 144 valence electrons. The minimum absolute atomic E-state index is 0.0686. The van der Waals surface area contributed by atoms with Crippen LogP contribution >= 0.6 is 23.3 Å². The topological polar surface area (TPSA) is 55.3 Å². The van der Waals surface area contributed by atoms with Crippen molar-refractivity contribution in [1.29, 1.82) is 0 Å². The quantitative estimate of drug-likeness (QED) is 0.492. The van der Waals surface area contributed by atoms with E-state index >= 15 is 0 Å². The smallest absolute Gasteiger partial charge is 0.254 e. The SMILES string of the molecule is C=CCN(Cc1ccc(Cl)cc1)C(=O)c1ccc(OCc2nsnc2C)cc1. The molecule has 0 N–H and O–H groups in total. The minimum atomic E-state index is -0.0686. The first-order valence-electron chi connectivity index (χ1n) is 8.72. The number of ether oxygens (including phenoxy) is 1. The first-order chi connectivity index (χ1) is 13.6. The highest BCUT2D eigenvalue weighted by Crippen LogP contribution is 2.18. The third kappa shape index (κ3) is 5.18. The molecule has 0 radical (unpaired) electrons. The van der Waals surface area contributed by atoms with Crippen molar-refractivity contribution in [2.45, 2.75) is 20.1 Å². The number of hydrogen-bond acceptors (Lipinski definition) is 5. The Hall–Kier alpha value is -2.70. The van der Waals surface area contributed by atoms with Crippen molar-refractivity contribution in [2.24, 2.45) is 0 Å². The predicted molar refractivity (Wildman–Crippen MR) is 112 cm³/mol. The lowest BCUT2D eigenvalue weighted by Gasteiger charge is -2.21. The van der Waals surface area contributed by atoms with E-state index in [-0.39, 0.29) is 5.91 Å². The van der Waals surface area contributed by atoms with Crippen molar-refractivity contribution in [2.75, 3.05) is 6.54 Å². The molecule has 1 heterocycles. The Bertz CT molecular complexity index is 939. The number of aromatic nitrogens is 2. The lowest BCUT2D eigenvalue weighted by Crippen LogP contribution is -2.30. The minimum Gasteiger partial charge on any atom is -0.487 e. The highest BCUT2D eigenvalue weighted by Gasteiger charge is 2.15. The summed E-state index contributed by atoms with van der Waals surface area (Å²) in [4.78, 5) is 14.6. The van der Waals surface area contributed by atoms with E-state index in [0.717, 1.165) is 17.0 Å². The van der Waals surface area contributed by atoms with Crippen LogP contribution in [0.5, 0.6) is 5.75 Å². The summed E-state index contributed by atoms with van der Waals surface area (Å²) in [6.07, 6.45) is 1.72. The van der Waals surface area contributed by atoms with E-state index < -0.39 is 0 Å².